The number of benzene rings is 1. The van der Waals surface area contributed by atoms with Gasteiger partial charge >= 0.3 is 0 Å². The molecule has 1 aromatic heterocycles. The van der Waals surface area contributed by atoms with E-state index in [1.165, 1.54) is 12.1 Å². The molecule has 4 rings (SSSR count). The van der Waals surface area contributed by atoms with Gasteiger partial charge in [0.05, 0.1) is 5.60 Å². The topological polar surface area (TPSA) is 49.2 Å². The van der Waals surface area contributed by atoms with E-state index in [9.17, 15) is 9.50 Å². The SMILES string of the molecule is CCCSc1ncc(CN2[C@@H]3CC[C@H]2CC(O)(c2cccc(F)c2)C3)cn1. The van der Waals surface area contributed by atoms with Crippen LogP contribution >= 0.6 is 11.8 Å². The molecular formula is C21H26FN3OS. The van der Waals surface area contributed by atoms with Gasteiger partial charge in [0, 0.05) is 42.3 Å². The van der Waals surface area contributed by atoms with Crippen LogP contribution in [0.1, 0.15) is 50.2 Å². The van der Waals surface area contributed by atoms with Crippen LogP contribution in [0, 0.1) is 5.82 Å². The highest BCUT2D eigenvalue weighted by Gasteiger charge is 2.48. The summed E-state index contributed by atoms with van der Waals surface area (Å²) < 4.78 is 13.6. The van der Waals surface area contributed by atoms with E-state index in [2.05, 4.69) is 21.8 Å². The van der Waals surface area contributed by atoms with Crippen LogP contribution in [0.5, 0.6) is 0 Å². The minimum Gasteiger partial charge on any atom is -0.385 e. The number of hydrogen-bond donors (Lipinski definition) is 1. The first-order valence-electron chi connectivity index (χ1n) is 9.75. The van der Waals surface area contributed by atoms with E-state index < -0.39 is 5.60 Å². The minimum absolute atomic E-state index is 0.283. The molecule has 0 saturated carbocycles. The number of fused-ring (bicyclic) bond motifs is 2. The lowest BCUT2D eigenvalue weighted by Crippen LogP contribution is -2.49. The van der Waals surface area contributed by atoms with Gasteiger partial charge in [0.15, 0.2) is 5.16 Å². The molecule has 0 spiro atoms. The van der Waals surface area contributed by atoms with Crippen LogP contribution in [0.2, 0.25) is 0 Å². The summed E-state index contributed by atoms with van der Waals surface area (Å²) in [6, 6.07) is 7.07. The fourth-order valence-corrected chi connectivity index (χ4v) is 5.13. The summed E-state index contributed by atoms with van der Waals surface area (Å²) in [5.41, 5.74) is 0.894. The van der Waals surface area contributed by atoms with E-state index in [1.54, 1.807) is 17.8 Å². The quantitative estimate of drug-likeness (QED) is 0.596. The molecule has 144 valence electrons. The van der Waals surface area contributed by atoms with Gasteiger partial charge in [-0.2, -0.15) is 0 Å². The fourth-order valence-electron chi connectivity index (χ4n) is 4.49. The monoisotopic (exact) mass is 387 g/mol. The molecule has 0 aliphatic carbocycles. The molecule has 1 N–H and O–H groups in total. The first-order valence-corrected chi connectivity index (χ1v) is 10.7. The van der Waals surface area contributed by atoms with Gasteiger partial charge in [-0.3, -0.25) is 4.90 Å². The predicted octanol–water partition coefficient (Wildman–Crippen LogP) is 4.13. The number of piperidine rings is 1. The van der Waals surface area contributed by atoms with Gasteiger partial charge in [-0.15, -0.1) is 0 Å². The standard InChI is InChI=1S/C21H26FN3OS/c1-2-8-27-20-23-12-15(13-24-20)14-25-18-6-7-19(25)11-21(26,10-18)16-4-3-5-17(22)9-16/h3-5,9,12-13,18-19,26H,2,6-8,10-11,14H2,1H3/t18-,19+,21?. The van der Waals surface area contributed by atoms with Crippen molar-refractivity contribution < 1.29 is 9.50 Å². The molecule has 2 aromatic rings. The Balaban J connectivity index is 1.45. The summed E-state index contributed by atoms with van der Waals surface area (Å²) in [6.45, 7) is 2.96. The second-order valence-corrected chi connectivity index (χ2v) is 8.79. The van der Waals surface area contributed by atoms with E-state index in [-0.39, 0.29) is 5.82 Å². The third-order valence-corrected chi connectivity index (χ3v) is 6.84. The molecule has 2 saturated heterocycles. The number of nitrogens with zero attached hydrogens (tertiary/aromatic N) is 3. The first-order chi connectivity index (χ1) is 13.1. The maximum absolute atomic E-state index is 13.6. The van der Waals surface area contributed by atoms with Crippen LogP contribution in [0.3, 0.4) is 0 Å². The zero-order chi connectivity index (χ0) is 18.9. The van der Waals surface area contributed by atoms with Crippen LogP contribution in [-0.4, -0.2) is 37.8 Å². The highest BCUT2D eigenvalue weighted by Crippen LogP contribution is 2.46. The Kier molecular flexibility index (Phi) is 5.48. The average Bonchev–Trinajstić information content (AvgIpc) is 2.91. The lowest BCUT2D eigenvalue weighted by Gasteiger charge is -2.44. The number of aromatic nitrogens is 2. The second kappa shape index (κ2) is 7.86. The maximum Gasteiger partial charge on any atom is 0.187 e. The van der Waals surface area contributed by atoms with E-state index in [4.69, 9.17) is 0 Å². The third kappa shape index (κ3) is 4.03. The van der Waals surface area contributed by atoms with Gasteiger partial charge in [0.25, 0.3) is 0 Å². The zero-order valence-electron chi connectivity index (χ0n) is 15.6. The van der Waals surface area contributed by atoms with E-state index in [0.29, 0.717) is 30.5 Å². The lowest BCUT2D eigenvalue weighted by molar-refractivity contribution is -0.0597. The maximum atomic E-state index is 13.6. The largest absolute Gasteiger partial charge is 0.385 e. The normalized spacial score (nSPS) is 27.8. The molecule has 6 heteroatoms. The third-order valence-electron chi connectivity index (χ3n) is 5.76. The average molecular weight is 388 g/mol. The van der Waals surface area contributed by atoms with Crippen molar-refractivity contribution in [2.24, 2.45) is 0 Å². The van der Waals surface area contributed by atoms with Crippen molar-refractivity contribution in [2.75, 3.05) is 5.75 Å². The highest BCUT2D eigenvalue weighted by atomic mass is 32.2. The van der Waals surface area contributed by atoms with Crippen molar-refractivity contribution in [3.05, 3.63) is 53.6 Å². The Morgan fingerprint density at radius 3 is 2.56 bits per heavy atom. The molecule has 4 nitrogen and oxygen atoms in total. The molecule has 3 atom stereocenters. The molecule has 0 radical (unpaired) electrons. The molecule has 27 heavy (non-hydrogen) atoms. The van der Waals surface area contributed by atoms with Crippen molar-refractivity contribution in [1.82, 2.24) is 14.9 Å². The molecular weight excluding hydrogens is 361 g/mol. The molecule has 0 amide bonds. The summed E-state index contributed by atoms with van der Waals surface area (Å²) in [6.07, 6.45) is 8.43. The molecule has 3 heterocycles. The summed E-state index contributed by atoms with van der Waals surface area (Å²) in [7, 11) is 0. The Morgan fingerprint density at radius 1 is 1.22 bits per heavy atom. The summed E-state index contributed by atoms with van der Waals surface area (Å²) in [5.74, 6) is 0.753. The van der Waals surface area contributed by atoms with Crippen LogP contribution in [0.15, 0.2) is 41.8 Å². The molecule has 2 fully saturated rings. The van der Waals surface area contributed by atoms with E-state index in [1.807, 2.05) is 18.5 Å². The smallest absolute Gasteiger partial charge is 0.187 e. The molecule has 2 aliphatic rings. The molecule has 1 unspecified atom stereocenters. The van der Waals surface area contributed by atoms with Crippen LogP contribution in [-0.2, 0) is 12.1 Å². The summed E-state index contributed by atoms with van der Waals surface area (Å²) in [4.78, 5) is 11.4. The van der Waals surface area contributed by atoms with Crippen molar-refractivity contribution in [2.45, 2.75) is 68.4 Å². The first kappa shape index (κ1) is 18.8. The van der Waals surface area contributed by atoms with Crippen LogP contribution < -0.4 is 0 Å². The molecule has 2 aliphatic heterocycles. The lowest BCUT2D eigenvalue weighted by atomic mass is 9.80. The van der Waals surface area contributed by atoms with Crippen molar-refractivity contribution in [3.8, 4) is 0 Å². The van der Waals surface area contributed by atoms with Gasteiger partial charge in [0.1, 0.15) is 5.82 Å². The van der Waals surface area contributed by atoms with Gasteiger partial charge < -0.3 is 5.11 Å². The Bertz CT molecular complexity index is 771. The highest BCUT2D eigenvalue weighted by molar-refractivity contribution is 7.99. The van der Waals surface area contributed by atoms with Crippen LogP contribution in [0.4, 0.5) is 4.39 Å². The fraction of sp³-hybridized carbons (Fsp3) is 0.524. The van der Waals surface area contributed by atoms with Gasteiger partial charge in [0.2, 0.25) is 0 Å². The van der Waals surface area contributed by atoms with E-state index in [0.717, 1.165) is 42.3 Å². The second-order valence-electron chi connectivity index (χ2n) is 7.73. The van der Waals surface area contributed by atoms with Gasteiger partial charge in [-0.25, -0.2) is 14.4 Å². The predicted molar refractivity (Wildman–Crippen MR) is 105 cm³/mol. The van der Waals surface area contributed by atoms with Crippen molar-refractivity contribution in [3.63, 3.8) is 0 Å². The van der Waals surface area contributed by atoms with Crippen molar-refractivity contribution in [1.29, 1.82) is 0 Å². The Morgan fingerprint density at radius 2 is 1.93 bits per heavy atom. The Labute approximate surface area is 164 Å². The van der Waals surface area contributed by atoms with Crippen molar-refractivity contribution >= 4 is 11.8 Å². The zero-order valence-corrected chi connectivity index (χ0v) is 16.5. The van der Waals surface area contributed by atoms with E-state index >= 15 is 0 Å². The number of hydrogen-bond acceptors (Lipinski definition) is 5. The summed E-state index contributed by atoms with van der Waals surface area (Å²) in [5, 5.41) is 12.1. The Hall–Kier alpha value is -1.50. The number of rotatable bonds is 6. The number of halogens is 1. The summed E-state index contributed by atoms with van der Waals surface area (Å²) >= 11 is 1.69. The molecule has 2 bridgehead atoms. The number of thioether (sulfide) groups is 1. The molecule has 1 aromatic carbocycles. The number of aliphatic hydroxyl groups is 1. The van der Waals surface area contributed by atoms with Gasteiger partial charge in [-0.1, -0.05) is 30.8 Å². The van der Waals surface area contributed by atoms with Crippen LogP contribution in [0.25, 0.3) is 0 Å². The van der Waals surface area contributed by atoms with Gasteiger partial charge in [-0.05, 0) is 49.8 Å². The minimum atomic E-state index is -0.929.